The fraction of sp³-hybridized carbons (Fsp3) is 0.732. The van der Waals surface area contributed by atoms with Gasteiger partial charge < -0.3 is 28.8 Å². The maximum Gasteiger partial charge on any atom is 0.268 e. The summed E-state index contributed by atoms with van der Waals surface area (Å²) in [5.74, 6) is -0.254. The third-order valence-corrected chi connectivity index (χ3v) is 12.3. The molecule has 3 unspecified atom stereocenters. The predicted octanol–water partition coefficient (Wildman–Crippen LogP) is 15.1. The van der Waals surface area contributed by atoms with Crippen molar-refractivity contribution in [1.29, 1.82) is 0 Å². The Hall–Kier alpha value is -2.32. The first-order valence-electron chi connectivity index (χ1n) is 26.4. The number of allylic oxidation sites excluding steroid dienone is 13. The van der Waals surface area contributed by atoms with Gasteiger partial charge in [-0.1, -0.05) is 208 Å². The van der Waals surface area contributed by atoms with E-state index in [0.29, 0.717) is 17.4 Å². The lowest BCUT2D eigenvalue weighted by atomic mass is 10.0. The minimum Gasteiger partial charge on any atom is -0.756 e. The average molecular weight is 929 g/mol. The van der Waals surface area contributed by atoms with Gasteiger partial charge in [0.25, 0.3) is 7.82 Å². The lowest BCUT2D eigenvalue weighted by molar-refractivity contribution is -0.870. The van der Waals surface area contributed by atoms with Crippen LogP contribution in [0.2, 0.25) is 0 Å². The summed E-state index contributed by atoms with van der Waals surface area (Å²) in [7, 11) is 1.20. The summed E-state index contributed by atoms with van der Waals surface area (Å²) in [6.07, 6.45) is 65.3. The van der Waals surface area contributed by atoms with Crippen molar-refractivity contribution in [2.24, 2.45) is 0 Å². The second-order valence-corrected chi connectivity index (χ2v) is 20.2. The molecule has 0 bridgehead atoms. The molecule has 0 radical (unpaired) electrons. The van der Waals surface area contributed by atoms with Crippen molar-refractivity contribution in [2.75, 3.05) is 40.9 Å². The van der Waals surface area contributed by atoms with Gasteiger partial charge in [0.15, 0.2) is 0 Å². The molecule has 0 spiro atoms. The normalized spacial score (nSPS) is 14.8. The van der Waals surface area contributed by atoms with Gasteiger partial charge in [0.2, 0.25) is 5.91 Å². The Bertz CT molecular complexity index is 1330. The number of aliphatic hydroxyl groups is 1. The van der Waals surface area contributed by atoms with Crippen molar-refractivity contribution in [3.63, 3.8) is 0 Å². The minimum atomic E-state index is -4.62. The van der Waals surface area contributed by atoms with Crippen molar-refractivity contribution in [3.05, 3.63) is 85.1 Å². The number of phosphoric ester groups is 1. The van der Waals surface area contributed by atoms with E-state index in [-0.39, 0.29) is 18.9 Å². The smallest absolute Gasteiger partial charge is 0.268 e. The van der Waals surface area contributed by atoms with Crippen molar-refractivity contribution < 1.29 is 32.9 Å². The summed E-state index contributed by atoms with van der Waals surface area (Å²) >= 11 is 0. The van der Waals surface area contributed by atoms with Gasteiger partial charge in [-0.25, -0.2) is 0 Å². The summed E-state index contributed by atoms with van der Waals surface area (Å²) < 4.78 is 23.2. The van der Waals surface area contributed by atoms with Crippen LogP contribution in [0.15, 0.2) is 85.1 Å². The third kappa shape index (κ3) is 49.4. The van der Waals surface area contributed by atoms with Gasteiger partial charge in [-0.05, 0) is 83.5 Å². The van der Waals surface area contributed by atoms with E-state index in [1.807, 2.05) is 27.2 Å². The molecule has 0 fully saturated rings. The number of amides is 1. The van der Waals surface area contributed by atoms with E-state index < -0.39 is 26.6 Å². The molecule has 1 amide bonds. The molecular weight excluding hydrogens is 828 g/mol. The number of phosphoric acid groups is 1. The van der Waals surface area contributed by atoms with Crippen LogP contribution in [-0.2, 0) is 18.4 Å². The van der Waals surface area contributed by atoms with Gasteiger partial charge in [0.05, 0.1) is 39.9 Å². The van der Waals surface area contributed by atoms with Gasteiger partial charge in [-0.3, -0.25) is 9.36 Å². The van der Waals surface area contributed by atoms with E-state index in [9.17, 15) is 19.4 Å². The highest BCUT2D eigenvalue weighted by Crippen LogP contribution is 2.38. The summed E-state index contributed by atoms with van der Waals surface area (Å²) in [5.41, 5.74) is 0. The number of rotatable bonds is 47. The van der Waals surface area contributed by atoms with Crippen LogP contribution in [0.4, 0.5) is 0 Å². The highest BCUT2D eigenvalue weighted by atomic mass is 31.2. The topological polar surface area (TPSA) is 108 Å². The molecule has 0 aromatic heterocycles. The van der Waals surface area contributed by atoms with Crippen molar-refractivity contribution in [3.8, 4) is 0 Å². The van der Waals surface area contributed by atoms with E-state index >= 15 is 0 Å². The van der Waals surface area contributed by atoms with Crippen LogP contribution >= 0.6 is 7.82 Å². The number of aliphatic hydroxyl groups excluding tert-OH is 1. The summed E-state index contributed by atoms with van der Waals surface area (Å²) in [6, 6.07) is -0.936. The predicted molar refractivity (Wildman–Crippen MR) is 279 cm³/mol. The Balaban J connectivity index is 4.35. The number of hydrogen-bond acceptors (Lipinski definition) is 6. The number of quaternary nitrogens is 1. The second kappa shape index (κ2) is 46.8. The number of nitrogens with one attached hydrogen (secondary N) is 1. The fourth-order valence-electron chi connectivity index (χ4n) is 7.18. The van der Waals surface area contributed by atoms with Crippen molar-refractivity contribution in [1.82, 2.24) is 5.32 Å². The molecule has 2 N–H and O–H groups in total. The molecule has 0 saturated carbocycles. The lowest BCUT2D eigenvalue weighted by Gasteiger charge is -2.29. The van der Waals surface area contributed by atoms with Crippen molar-refractivity contribution in [2.45, 2.75) is 225 Å². The minimum absolute atomic E-state index is 0.0214. The number of nitrogens with zero attached hydrogens (tertiary/aromatic N) is 1. The van der Waals surface area contributed by atoms with E-state index in [1.54, 1.807) is 6.08 Å². The molecule has 0 heterocycles. The Labute approximate surface area is 401 Å². The largest absolute Gasteiger partial charge is 0.756 e. The van der Waals surface area contributed by atoms with Crippen LogP contribution in [0.3, 0.4) is 0 Å². The van der Waals surface area contributed by atoms with Crippen molar-refractivity contribution >= 4 is 13.7 Å². The molecule has 0 saturated heterocycles. The van der Waals surface area contributed by atoms with E-state index in [2.05, 4.69) is 92.1 Å². The average Bonchev–Trinajstić information content (AvgIpc) is 3.26. The van der Waals surface area contributed by atoms with E-state index in [0.717, 1.165) is 64.2 Å². The van der Waals surface area contributed by atoms with Gasteiger partial charge in [-0.2, -0.15) is 0 Å². The Kier molecular flexibility index (Phi) is 45.1. The Morgan fingerprint density at radius 2 is 0.954 bits per heavy atom. The number of carbonyl (C=O) groups is 1. The molecule has 0 aromatic rings. The summed E-state index contributed by atoms with van der Waals surface area (Å²) in [4.78, 5) is 25.4. The first-order chi connectivity index (χ1) is 31.5. The van der Waals surface area contributed by atoms with Crippen LogP contribution in [0.1, 0.15) is 213 Å². The summed E-state index contributed by atoms with van der Waals surface area (Å²) in [5, 5.41) is 13.8. The number of likely N-dealkylation sites (N-methyl/N-ethyl adjacent to an activating group) is 1. The molecule has 0 aromatic carbocycles. The Morgan fingerprint density at radius 1 is 0.554 bits per heavy atom. The molecule has 0 aliphatic heterocycles. The highest BCUT2D eigenvalue weighted by molar-refractivity contribution is 7.45. The standard InChI is InChI=1S/C56H101N2O6P/c1-6-8-10-12-14-16-18-20-22-23-24-25-26-27-28-29-30-31-32-33-34-36-37-39-41-43-45-47-49-55(59)54(53-64-65(61,62)63-52-51-58(3,4)5)57-56(60)50-48-46-44-42-40-38-35-21-19-17-15-13-11-9-7-2/h9,11,15,17,21,33-35,39-42,47,49,54-55,59H,6-8,10,12-14,16,18-20,22-32,36-38,43-46,48,50-53H2,1-5H3,(H-,57,60,61,62)/b11-9-,17-15-,34-33+,35-21-,41-39+,42-40-,49-47+. The van der Waals surface area contributed by atoms with E-state index in [4.69, 9.17) is 9.05 Å². The first-order valence-corrected chi connectivity index (χ1v) is 27.9. The number of carbonyl (C=O) groups excluding carboxylic acids is 1. The van der Waals surface area contributed by atoms with E-state index in [1.165, 1.54) is 122 Å². The maximum absolute atomic E-state index is 12.9. The molecule has 0 aliphatic rings. The van der Waals surface area contributed by atoms with Crippen LogP contribution in [0.25, 0.3) is 0 Å². The third-order valence-electron chi connectivity index (χ3n) is 11.3. The molecule has 0 rings (SSSR count). The monoisotopic (exact) mass is 929 g/mol. The molecule has 8 nitrogen and oxygen atoms in total. The van der Waals surface area contributed by atoms with Crippen LogP contribution in [0.5, 0.6) is 0 Å². The number of unbranched alkanes of at least 4 members (excludes halogenated alkanes) is 22. The van der Waals surface area contributed by atoms with Crippen LogP contribution in [0, 0.1) is 0 Å². The van der Waals surface area contributed by atoms with Crippen LogP contribution in [-0.4, -0.2) is 68.5 Å². The molecular formula is C56H101N2O6P. The number of hydrogen-bond donors (Lipinski definition) is 2. The molecule has 9 heteroatoms. The molecule has 376 valence electrons. The quantitative estimate of drug-likeness (QED) is 0.0272. The van der Waals surface area contributed by atoms with Gasteiger partial charge in [0.1, 0.15) is 13.2 Å². The van der Waals surface area contributed by atoms with Gasteiger partial charge >= 0.3 is 0 Å². The first kappa shape index (κ1) is 62.7. The highest BCUT2D eigenvalue weighted by Gasteiger charge is 2.23. The SMILES string of the molecule is CC/C=C\C/C=C\C/C=C\C/C=C\CCCCC(=O)NC(COP(=O)([O-])OCC[N+](C)(C)C)C(O)/C=C/CC/C=C/CC/C=C/CCCCCCCCCCCCCCCCCCCC. The molecule has 3 atom stereocenters. The van der Waals surface area contributed by atoms with Crippen LogP contribution < -0.4 is 10.2 Å². The zero-order valence-corrected chi connectivity index (χ0v) is 43.6. The zero-order valence-electron chi connectivity index (χ0n) is 42.7. The lowest BCUT2D eigenvalue weighted by Crippen LogP contribution is -2.45. The summed E-state index contributed by atoms with van der Waals surface area (Å²) in [6.45, 7) is 4.47. The van der Waals surface area contributed by atoms with Gasteiger partial charge in [0, 0.05) is 6.42 Å². The zero-order chi connectivity index (χ0) is 47.8. The fourth-order valence-corrected chi connectivity index (χ4v) is 7.90. The molecule has 0 aliphatic carbocycles. The van der Waals surface area contributed by atoms with Gasteiger partial charge in [-0.15, -0.1) is 0 Å². The Morgan fingerprint density at radius 3 is 1.43 bits per heavy atom. The maximum atomic E-state index is 12.9. The second-order valence-electron chi connectivity index (χ2n) is 18.8. The molecule has 65 heavy (non-hydrogen) atoms.